The molecular formula is C25H32FN3O4S. The summed E-state index contributed by atoms with van der Waals surface area (Å²) >= 11 is 0. The first-order valence-corrected chi connectivity index (χ1v) is 13.3. The van der Waals surface area contributed by atoms with Crippen LogP contribution >= 0.6 is 0 Å². The molecular weight excluding hydrogens is 457 g/mol. The molecule has 1 atom stereocenters. The summed E-state index contributed by atoms with van der Waals surface area (Å²) in [6.07, 6.45) is 4.83. The maximum atomic E-state index is 14.4. The molecule has 0 radical (unpaired) electrons. The Morgan fingerprint density at radius 3 is 2.29 bits per heavy atom. The lowest BCUT2D eigenvalue weighted by Gasteiger charge is -2.32. The van der Waals surface area contributed by atoms with Gasteiger partial charge in [-0.2, -0.15) is 0 Å². The van der Waals surface area contributed by atoms with Crippen LogP contribution in [-0.2, 0) is 26.2 Å². The summed E-state index contributed by atoms with van der Waals surface area (Å²) in [5, 5.41) is 3.01. The molecule has 2 amide bonds. The molecule has 0 heterocycles. The van der Waals surface area contributed by atoms with Crippen LogP contribution in [0, 0.1) is 12.7 Å². The zero-order valence-corrected chi connectivity index (χ0v) is 20.6. The lowest BCUT2D eigenvalue weighted by atomic mass is 10.1. The number of carbonyl (C=O) groups excluding carboxylic acids is 2. The molecule has 1 fully saturated rings. The fourth-order valence-electron chi connectivity index (χ4n) is 4.11. The van der Waals surface area contributed by atoms with Gasteiger partial charge in [0.25, 0.3) is 0 Å². The monoisotopic (exact) mass is 489 g/mol. The summed E-state index contributed by atoms with van der Waals surface area (Å²) in [6, 6.07) is 12.2. The van der Waals surface area contributed by atoms with Crippen LogP contribution in [0.4, 0.5) is 10.1 Å². The molecule has 0 spiro atoms. The molecule has 2 aromatic rings. The standard InChI is InChI=1S/C25H32FN3O4S/c1-18-12-14-20(15-13-18)16-28(19(2)25(31)27-21-8-4-5-9-21)24(30)17-29(34(3,32)33)23-11-7-6-10-22(23)26/h6-7,10-15,19,21H,4-5,8-9,16-17H2,1-3H3,(H,27,31)/t19-/m0/s1. The number of aryl methyl sites for hydroxylation is 1. The van der Waals surface area contributed by atoms with E-state index in [0.29, 0.717) is 0 Å². The van der Waals surface area contributed by atoms with Gasteiger partial charge >= 0.3 is 0 Å². The number of nitrogens with one attached hydrogen (secondary N) is 1. The highest BCUT2D eigenvalue weighted by molar-refractivity contribution is 7.92. The second-order valence-corrected chi connectivity index (χ2v) is 10.8. The molecule has 184 valence electrons. The van der Waals surface area contributed by atoms with Crippen molar-refractivity contribution in [1.82, 2.24) is 10.2 Å². The maximum absolute atomic E-state index is 14.4. The van der Waals surface area contributed by atoms with Gasteiger partial charge in [0, 0.05) is 12.6 Å². The van der Waals surface area contributed by atoms with E-state index in [9.17, 15) is 22.4 Å². The van der Waals surface area contributed by atoms with E-state index < -0.39 is 34.3 Å². The summed E-state index contributed by atoms with van der Waals surface area (Å²) in [4.78, 5) is 27.8. The number of benzene rings is 2. The van der Waals surface area contributed by atoms with Crippen molar-refractivity contribution in [3.8, 4) is 0 Å². The van der Waals surface area contributed by atoms with Crippen molar-refractivity contribution in [2.45, 2.75) is 58.2 Å². The van der Waals surface area contributed by atoms with Gasteiger partial charge in [-0.15, -0.1) is 0 Å². The number of carbonyl (C=O) groups is 2. The third-order valence-corrected chi connectivity index (χ3v) is 7.27. The highest BCUT2D eigenvalue weighted by atomic mass is 32.2. The van der Waals surface area contributed by atoms with Crippen molar-refractivity contribution < 1.29 is 22.4 Å². The Bertz CT molecular complexity index is 1120. The number of rotatable bonds is 9. The van der Waals surface area contributed by atoms with Crippen LogP contribution in [0.1, 0.15) is 43.7 Å². The minimum atomic E-state index is -3.97. The lowest BCUT2D eigenvalue weighted by Crippen LogP contribution is -2.52. The van der Waals surface area contributed by atoms with E-state index >= 15 is 0 Å². The second-order valence-electron chi connectivity index (χ2n) is 8.89. The summed E-state index contributed by atoms with van der Waals surface area (Å²) in [5.41, 5.74) is 1.64. The van der Waals surface area contributed by atoms with Crippen LogP contribution < -0.4 is 9.62 Å². The Kier molecular flexibility index (Phi) is 8.30. The Morgan fingerprint density at radius 1 is 1.09 bits per heavy atom. The molecule has 1 aliphatic carbocycles. The van der Waals surface area contributed by atoms with Gasteiger partial charge in [-0.3, -0.25) is 13.9 Å². The zero-order valence-electron chi connectivity index (χ0n) is 19.8. The highest BCUT2D eigenvalue weighted by Gasteiger charge is 2.32. The average molecular weight is 490 g/mol. The smallest absolute Gasteiger partial charge is 0.244 e. The number of hydrogen-bond acceptors (Lipinski definition) is 4. The van der Waals surface area contributed by atoms with Gasteiger partial charge in [0.05, 0.1) is 11.9 Å². The Morgan fingerprint density at radius 2 is 1.71 bits per heavy atom. The molecule has 0 aliphatic heterocycles. The van der Waals surface area contributed by atoms with E-state index in [0.717, 1.165) is 53.4 Å². The van der Waals surface area contributed by atoms with Crippen LogP contribution in [-0.4, -0.2) is 50.0 Å². The Labute approximate surface area is 201 Å². The third-order valence-electron chi connectivity index (χ3n) is 6.14. The zero-order chi connectivity index (χ0) is 24.9. The lowest BCUT2D eigenvalue weighted by molar-refractivity contribution is -0.139. The minimum Gasteiger partial charge on any atom is -0.352 e. The predicted octanol–water partition coefficient (Wildman–Crippen LogP) is 3.38. The second kappa shape index (κ2) is 11.0. The van der Waals surface area contributed by atoms with Gasteiger partial charge in [-0.05, 0) is 44.4 Å². The SMILES string of the molecule is Cc1ccc(CN(C(=O)CN(c2ccccc2F)S(C)(=O)=O)[C@@H](C)C(=O)NC2CCCC2)cc1. The molecule has 1 aliphatic rings. The molecule has 34 heavy (non-hydrogen) atoms. The van der Waals surface area contributed by atoms with Crippen molar-refractivity contribution in [3.63, 3.8) is 0 Å². The number of amides is 2. The average Bonchev–Trinajstić information content (AvgIpc) is 3.29. The van der Waals surface area contributed by atoms with Crippen LogP contribution in [0.25, 0.3) is 0 Å². The summed E-state index contributed by atoms with van der Waals surface area (Å²) in [7, 11) is -3.97. The highest BCUT2D eigenvalue weighted by Crippen LogP contribution is 2.23. The molecule has 7 nitrogen and oxygen atoms in total. The topological polar surface area (TPSA) is 86.8 Å². The Hall–Kier alpha value is -2.94. The van der Waals surface area contributed by atoms with Gasteiger partial charge < -0.3 is 10.2 Å². The number of para-hydroxylation sites is 1. The minimum absolute atomic E-state index is 0.0807. The fraction of sp³-hybridized carbons (Fsp3) is 0.440. The van der Waals surface area contributed by atoms with Crippen LogP contribution in [0.3, 0.4) is 0 Å². The Balaban J connectivity index is 1.88. The van der Waals surface area contributed by atoms with Crippen molar-refractivity contribution in [2.24, 2.45) is 0 Å². The van der Waals surface area contributed by atoms with Gasteiger partial charge in [-0.25, -0.2) is 12.8 Å². The van der Waals surface area contributed by atoms with Crippen molar-refractivity contribution in [3.05, 3.63) is 65.5 Å². The number of nitrogens with zero attached hydrogens (tertiary/aromatic N) is 2. The predicted molar refractivity (Wildman–Crippen MR) is 130 cm³/mol. The molecule has 2 aromatic carbocycles. The van der Waals surface area contributed by atoms with E-state index in [1.54, 1.807) is 6.92 Å². The number of sulfonamides is 1. The maximum Gasteiger partial charge on any atom is 0.244 e. The van der Waals surface area contributed by atoms with Crippen molar-refractivity contribution in [1.29, 1.82) is 0 Å². The summed E-state index contributed by atoms with van der Waals surface area (Å²) in [5.74, 6) is -1.63. The summed E-state index contributed by atoms with van der Waals surface area (Å²) < 4.78 is 40.1. The van der Waals surface area contributed by atoms with E-state index in [-0.39, 0.29) is 24.2 Å². The van der Waals surface area contributed by atoms with Gasteiger partial charge in [-0.1, -0.05) is 54.8 Å². The normalized spacial score (nSPS) is 15.1. The summed E-state index contributed by atoms with van der Waals surface area (Å²) in [6.45, 7) is 3.08. The first-order chi connectivity index (χ1) is 16.1. The van der Waals surface area contributed by atoms with Gasteiger partial charge in [0.15, 0.2) is 0 Å². The van der Waals surface area contributed by atoms with Gasteiger partial charge in [0.2, 0.25) is 21.8 Å². The molecule has 9 heteroatoms. The van der Waals surface area contributed by atoms with E-state index in [4.69, 9.17) is 0 Å². The first kappa shape index (κ1) is 25.7. The first-order valence-electron chi connectivity index (χ1n) is 11.4. The molecule has 0 bridgehead atoms. The number of anilines is 1. The molecule has 0 unspecified atom stereocenters. The molecule has 1 saturated carbocycles. The van der Waals surface area contributed by atoms with Crippen LogP contribution in [0.15, 0.2) is 48.5 Å². The van der Waals surface area contributed by atoms with Gasteiger partial charge in [0.1, 0.15) is 18.4 Å². The molecule has 3 rings (SSSR count). The van der Waals surface area contributed by atoms with E-state index in [2.05, 4.69) is 5.32 Å². The van der Waals surface area contributed by atoms with Crippen LogP contribution in [0.2, 0.25) is 0 Å². The molecule has 1 N–H and O–H groups in total. The number of hydrogen-bond donors (Lipinski definition) is 1. The van der Waals surface area contributed by atoms with Crippen LogP contribution in [0.5, 0.6) is 0 Å². The molecule has 0 aromatic heterocycles. The quantitative estimate of drug-likeness (QED) is 0.585. The van der Waals surface area contributed by atoms with Crippen molar-refractivity contribution in [2.75, 3.05) is 17.1 Å². The molecule has 0 saturated heterocycles. The van der Waals surface area contributed by atoms with Crippen molar-refractivity contribution >= 4 is 27.5 Å². The largest absolute Gasteiger partial charge is 0.352 e. The third kappa shape index (κ3) is 6.56. The number of halogens is 1. The fourth-order valence-corrected chi connectivity index (χ4v) is 4.96. The van der Waals surface area contributed by atoms with E-state index in [1.165, 1.54) is 23.1 Å². The van der Waals surface area contributed by atoms with E-state index in [1.807, 2.05) is 31.2 Å².